The van der Waals surface area contributed by atoms with Gasteiger partial charge in [-0.05, 0) is 57.7 Å². The molecule has 0 spiro atoms. The zero-order chi connectivity index (χ0) is 14.1. The van der Waals surface area contributed by atoms with E-state index in [2.05, 4.69) is 18.7 Å². The van der Waals surface area contributed by atoms with Gasteiger partial charge in [0, 0.05) is 6.42 Å². The summed E-state index contributed by atoms with van der Waals surface area (Å²) in [5, 5.41) is 0. The fraction of sp³-hybridized carbons (Fsp3) is 0.938. The first-order chi connectivity index (χ1) is 9.09. The van der Waals surface area contributed by atoms with Crippen LogP contribution in [-0.2, 0) is 9.53 Å². The number of unbranched alkanes of at least 4 members (excludes halogenated alkanes) is 2. The van der Waals surface area contributed by atoms with Gasteiger partial charge in [-0.2, -0.15) is 0 Å². The van der Waals surface area contributed by atoms with Crippen LogP contribution in [0.15, 0.2) is 0 Å². The van der Waals surface area contributed by atoms with Gasteiger partial charge in [0.2, 0.25) is 0 Å². The normalized spacial score (nSPS) is 19.3. The van der Waals surface area contributed by atoms with Crippen LogP contribution in [0.3, 0.4) is 0 Å². The van der Waals surface area contributed by atoms with Crippen LogP contribution in [0.25, 0.3) is 0 Å². The molecule has 0 unspecified atom stereocenters. The number of piperidine rings is 1. The van der Waals surface area contributed by atoms with Crippen LogP contribution in [0.2, 0.25) is 0 Å². The quantitative estimate of drug-likeness (QED) is 0.498. The summed E-state index contributed by atoms with van der Waals surface area (Å²) >= 11 is 0. The van der Waals surface area contributed by atoms with Crippen molar-refractivity contribution in [1.82, 2.24) is 4.90 Å². The Morgan fingerprint density at radius 3 is 2.42 bits per heavy atom. The molecule has 0 aromatic heterocycles. The smallest absolute Gasteiger partial charge is 0.305 e. The lowest BCUT2D eigenvalue weighted by Gasteiger charge is -2.39. The van der Waals surface area contributed by atoms with Gasteiger partial charge in [0.1, 0.15) is 0 Å². The summed E-state index contributed by atoms with van der Waals surface area (Å²) in [6.45, 7) is 10.8. The second-order valence-corrected chi connectivity index (χ2v) is 6.12. The van der Waals surface area contributed by atoms with E-state index in [0.717, 1.165) is 12.8 Å². The Balaban J connectivity index is 2.01. The van der Waals surface area contributed by atoms with E-state index in [1.165, 1.54) is 45.3 Å². The van der Waals surface area contributed by atoms with E-state index >= 15 is 0 Å². The summed E-state index contributed by atoms with van der Waals surface area (Å²) in [5.74, 6) is -0.0424. The van der Waals surface area contributed by atoms with Gasteiger partial charge in [0.05, 0.1) is 6.61 Å². The summed E-state index contributed by atoms with van der Waals surface area (Å²) in [5.41, 5.74) is 0.584. The van der Waals surface area contributed by atoms with Crippen molar-refractivity contribution in [2.24, 2.45) is 5.41 Å². The maximum absolute atomic E-state index is 11.2. The fourth-order valence-electron chi connectivity index (χ4n) is 2.68. The number of carbonyl (C=O) groups excluding carboxylic acids is 1. The van der Waals surface area contributed by atoms with Crippen molar-refractivity contribution in [2.75, 3.05) is 26.2 Å². The molecule has 1 rings (SSSR count). The largest absolute Gasteiger partial charge is 0.466 e. The summed E-state index contributed by atoms with van der Waals surface area (Å²) in [6, 6.07) is 0. The topological polar surface area (TPSA) is 29.5 Å². The summed E-state index contributed by atoms with van der Waals surface area (Å²) in [7, 11) is 0. The Labute approximate surface area is 118 Å². The molecule has 1 saturated heterocycles. The number of hydrogen-bond donors (Lipinski definition) is 0. The first kappa shape index (κ1) is 16.5. The molecule has 0 N–H and O–H groups in total. The van der Waals surface area contributed by atoms with Crippen molar-refractivity contribution in [1.29, 1.82) is 0 Å². The van der Waals surface area contributed by atoms with Crippen molar-refractivity contribution < 1.29 is 9.53 Å². The number of rotatable bonds is 8. The molecule has 3 nitrogen and oxygen atoms in total. The average Bonchev–Trinajstić information content (AvgIpc) is 2.41. The molecule has 0 aliphatic carbocycles. The van der Waals surface area contributed by atoms with Gasteiger partial charge in [0.15, 0.2) is 0 Å². The van der Waals surface area contributed by atoms with Crippen LogP contribution in [0.1, 0.15) is 65.7 Å². The van der Waals surface area contributed by atoms with E-state index in [0.29, 0.717) is 18.4 Å². The molecular formula is C16H31NO2. The van der Waals surface area contributed by atoms with Crippen molar-refractivity contribution in [3.05, 3.63) is 0 Å². The standard InChI is InChI=1S/C16H31NO2/c1-4-16(3)10-13-17(14-11-16)12-8-6-7-9-15(18)19-5-2/h4-14H2,1-3H3. The maximum Gasteiger partial charge on any atom is 0.305 e. The highest BCUT2D eigenvalue weighted by Gasteiger charge is 2.27. The van der Waals surface area contributed by atoms with Gasteiger partial charge in [-0.15, -0.1) is 0 Å². The summed E-state index contributed by atoms with van der Waals surface area (Å²) in [6.07, 6.45) is 7.89. The summed E-state index contributed by atoms with van der Waals surface area (Å²) < 4.78 is 4.92. The van der Waals surface area contributed by atoms with Crippen molar-refractivity contribution in [2.45, 2.75) is 65.7 Å². The third-order valence-electron chi connectivity index (χ3n) is 4.58. The molecule has 0 saturated carbocycles. The fourth-order valence-corrected chi connectivity index (χ4v) is 2.68. The van der Waals surface area contributed by atoms with Gasteiger partial charge in [0.25, 0.3) is 0 Å². The molecular weight excluding hydrogens is 238 g/mol. The third-order valence-corrected chi connectivity index (χ3v) is 4.58. The molecule has 3 heteroatoms. The van der Waals surface area contributed by atoms with Crippen LogP contribution < -0.4 is 0 Å². The van der Waals surface area contributed by atoms with Gasteiger partial charge < -0.3 is 9.64 Å². The molecule has 19 heavy (non-hydrogen) atoms. The molecule has 1 fully saturated rings. The first-order valence-electron chi connectivity index (χ1n) is 7.97. The second-order valence-electron chi connectivity index (χ2n) is 6.12. The van der Waals surface area contributed by atoms with E-state index in [4.69, 9.17) is 4.74 Å². The zero-order valence-electron chi connectivity index (χ0n) is 13.0. The number of nitrogens with zero attached hydrogens (tertiary/aromatic N) is 1. The minimum atomic E-state index is -0.0424. The van der Waals surface area contributed by atoms with Gasteiger partial charge in [-0.1, -0.05) is 26.7 Å². The number of hydrogen-bond acceptors (Lipinski definition) is 3. The van der Waals surface area contributed by atoms with E-state index in [9.17, 15) is 4.79 Å². The van der Waals surface area contributed by atoms with Crippen molar-refractivity contribution in [3.63, 3.8) is 0 Å². The third kappa shape index (κ3) is 6.42. The lowest BCUT2D eigenvalue weighted by Crippen LogP contribution is -2.38. The predicted octanol–water partition coefficient (Wildman–Crippen LogP) is 3.62. The SMILES string of the molecule is CCOC(=O)CCCCCN1CCC(C)(CC)CC1. The van der Waals surface area contributed by atoms with E-state index in [1.54, 1.807) is 0 Å². The molecule has 0 bridgehead atoms. The number of ether oxygens (including phenoxy) is 1. The predicted molar refractivity (Wildman–Crippen MR) is 79.2 cm³/mol. The van der Waals surface area contributed by atoms with E-state index in [1.807, 2.05) is 6.92 Å². The first-order valence-corrected chi connectivity index (χ1v) is 7.97. The van der Waals surface area contributed by atoms with Crippen LogP contribution in [0.5, 0.6) is 0 Å². The minimum absolute atomic E-state index is 0.0424. The van der Waals surface area contributed by atoms with E-state index < -0.39 is 0 Å². The number of esters is 1. The van der Waals surface area contributed by atoms with Crippen LogP contribution in [0, 0.1) is 5.41 Å². The summed E-state index contributed by atoms with van der Waals surface area (Å²) in [4.78, 5) is 13.8. The Hall–Kier alpha value is -0.570. The lowest BCUT2D eigenvalue weighted by atomic mass is 9.78. The monoisotopic (exact) mass is 269 g/mol. The highest BCUT2D eigenvalue weighted by molar-refractivity contribution is 5.69. The van der Waals surface area contributed by atoms with Crippen LogP contribution in [0.4, 0.5) is 0 Å². The molecule has 0 atom stereocenters. The molecule has 1 aliphatic rings. The number of likely N-dealkylation sites (tertiary alicyclic amines) is 1. The van der Waals surface area contributed by atoms with Crippen LogP contribution >= 0.6 is 0 Å². The van der Waals surface area contributed by atoms with Gasteiger partial charge >= 0.3 is 5.97 Å². The average molecular weight is 269 g/mol. The van der Waals surface area contributed by atoms with Crippen molar-refractivity contribution >= 4 is 5.97 Å². The van der Waals surface area contributed by atoms with E-state index in [-0.39, 0.29) is 5.97 Å². The Morgan fingerprint density at radius 1 is 1.16 bits per heavy atom. The minimum Gasteiger partial charge on any atom is -0.466 e. The van der Waals surface area contributed by atoms with Crippen LogP contribution in [-0.4, -0.2) is 37.1 Å². The molecule has 1 aliphatic heterocycles. The number of carbonyl (C=O) groups is 1. The second kappa shape index (κ2) is 8.57. The molecule has 0 radical (unpaired) electrons. The Morgan fingerprint density at radius 2 is 1.84 bits per heavy atom. The van der Waals surface area contributed by atoms with Gasteiger partial charge in [-0.25, -0.2) is 0 Å². The highest BCUT2D eigenvalue weighted by atomic mass is 16.5. The maximum atomic E-state index is 11.2. The molecule has 0 aromatic rings. The molecule has 0 amide bonds. The molecule has 112 valence electrons. The van der Waals surface area contributed by atoms with Crippen molar-refractivity contribution in [3.8, 4) is 0 Å². The lowest BCUT2D eigenvalue weighted by molar-refractivity contribution is -0.143. The molecule has 1 heterocycles. The Kier molecular flexibility index (Phi) is 7.44. The zero-order valence-corrected chi connectivity index (χ0v) is 13.0. The molecule has 0 aromatic carbocycles. The Bertz CT molecular complexity index is 257. The van der Waals surface area contributed by atoms with Gasteiger partial charge in [-0.3, -0.25) is 4.79 Å². The highest BCUT2D eigenvalue weighted by Crippen LogP contribution is 2.33.